The molecule has 1 N–H and O–H groups in total. The van der Waals surface area contributed by atoms with Crippen molar-refractivity contribution in [1.29, 1.82) is 0 Å². The van der Waals surface area contributed by atoms with E-state index >= 15 is 0 Å². The Labute approximate surface area is 113 Å². The molecule has 2 aliphatic heterocycles. The number of rotatable bonds is 2. The molecule has 7 heteroatoms. The summed E-state index contributed by atoms with van der Waals surface area (Å²) < 4.78 is 0. The van der Waals surface area contributed by atoms with E-state index in [1.807, 2.05) is 23.9 Å². The van der Waals surface area contributed by atoms with Crippen molar-refractivity contribution in [3.63, 3.8) is 0 Å². The molecule has 2 aliphatic rings. The first-order valence-electron chi connectivity index (χ1n) is 6.42. The normalized spacial score (nSPS) is 26.5. The van der Waals surface area contributed by atoms with E-state index in [9.17, 15) is 9.59 Å². The number of hydrogen-bond donors (Lipinski definition) is 1. The molecule has 0 aliphatic carbocycles. The molecule has 3 amide bonds. The number of nitrogens with zero attached hydrogens (tertiary/aromatic N) is 4. The van der Waals surface area contributed by atoms with E-state index in [0.717, 1.165) is 12.5 Å². The Morgan fingerprint density at radius 1 is 1.37 bits per heavy atom. The fourth-order valence-corrected chi connectivity index (χ4v) is 2.47. The average molecular weight is 267 g/mol. The van der Waals surface area contributed by atoms with Crippen LogP contribution in [0.15, 0.2) is 4.99 Å². The van der Waals surface area contributed by atoms with Crippen molar-refractivity contribution in [2.75, 3.05) is 27.7 Å². The van der Waals surface area contributed by atoms with Crippen molar-refractivity contribution in [2.24, 2.45) is 10.9 Å². The summed E-state index contributed by atoms with van der Waals surface area (Å²) in [6, 6.07) is -0.818. The predicted octanol–water partition coefficient (Wildman–Crippen LogP) is -0.248. The monoisotopic (exact) mass is 267 g/mol. The Hall–Kier alpha value is -1.79. The molecule has 2 rings (SSSR count). The fraction of sp³-hybridized carbons (Fsp3) is 0.750. The molecule has 1 saturated heterocycles. The van der Waals surface area contributed by atoms with E-state index in [1.165, 1.54) is 4.90 Å². The van der Waals surface area contributed by atoms with Crippen LogP contribution in [0.2, 0.25) is 0 Å². The zero-order chi connectivity index (χ0) is 14.3. The van der Waals surface area contributed by atoms with E-state index in [4.69, 9.17) is 0 Å². The maximum absolute atomic E-state index is 12.1. The van der Waals surface area contributed by atoms with Crippen molar-refractivity contribution >= 4 is 17.9 Å². The van der Waals surface area contributed by atoms with Crippen molar-refractivity contribution in [3.8, 4) is 0 Å². The molecule has 0 aromatic rings. The smallest absolute Gasteiger partial charge is 0.325 e. The van der Waals surface area contributed by atoms with Gasteiger partial charge in [0.2, 0.25) is 0 Å². The third kappa shape index (κ3) is 2.24. The number of nitrogens with one attached hydrogen (secondary N) is 1. The maximum atomic E-state index is 12.1. The van der Waals surface area contributed by atoms with Gasteiger partial charge in [-0.05, 0) is 5.92 Å². The lowest BCUT2D eigenvalue weighted by Crippen LogP contribution is -2.64. The van der Waals surface area contributed by atoms with Gasteiger partial charge in [0.25, 0.3) is 5.91 Å². The number of likely N-dealkylation sites (N-methyl/N-ethyl adjacent to an activating group) is 1. The topological polar surface area (TPSA) is 68.2 Å². The van der Waals surface area contributed by atoms with Gasteiger partial charge in [0.15, 0.2) is 18.2 Å². The second-order valence-electron chi connectivity index (χ2n) is 5.63. The molecule has 0 aromatic carbocycles. The Morgan fingerprint density at radius 2 is 2.00 bits per heavy atom. The largest absolute Gasteiger partial charge is 0.349 e. The highest BCUT2D eigenvalue weighted by Gasteiger charge is 2.48. The second kappa shape index (κ2) is 4.71. The molecule has 0 radical (unpaired) electrons. The van der Waals surface area contributed by atoms with Gasteiger partial charge in [0.1, 0.15) is 0 Å². The van der Waals surface area contributed by atoms with Gasteiger partial charge in [0, 0.05) is 27.7 Å². The van der Waals surface area contributed by atoms with Gasteiger partial charge in [0.05, 0.1) is 0 Å². The van der Waals surface area contributed by atoms with E-state index in [-0.39, 0.29) is 11.9 Å². The van der Waals surface area contributed by atoms with Crippen LogP contribution < -0.4 is 5.32 Å². The van der Waals surface area contributed by atoms with Crippen LogP contribution in [-0.4, -0.2) is 72.5 Å². The van der Waals surface area contributed by atoms with Crippen LogP contribution in [0, 0.1) is 5.92 Å². The van der Waals surface area contributed by atoms with Crippen LogP contribution in [0.3, 0.4) is 0 Å². The zero-order valence-corrected chi connectivity index (χ0v) is 12.0. The molecule has 0 bridgehead atoms. The molecular formula is C12H21N5O2. The van der Waals surface area contributed by atoms with Crippen molar-refractivity contribution in [1.82, 2.24) is 20.0 Å². The van der Waals surface area contributed by atoms with Gasteiger partial charge in [-0.15, -0.1) is 0 Å². The van der Waals surface area contributed by atoms with Gasteiger partial charge in [-0.25, -0.2) is 9.79 Å². The SMILES string of the molecule is CC(C)CN1C(N(C)C)=NC2C1C(=O)NC(=O)N2C. The summed E-state index contributed by atoms with van der Waals surface area (Å²) in [5.41, 5.74) is 0. The molecule has 2 unspecified atom stereocenters. The van der Waals surface area contributed by atoms with Crippen molar-refractivity contribution in [3.05, 3.63) is 0 Å². The molecule has 106 valence electrons. The lowest BCUT2D eigenvalue weighted by molar-refractivity contribution is -0.127. The Kier molecular flexibility index (Phi) is 3.38. The highest BCUT2D eigenvalue weighted by molar-refractivity contribution is 6.03. The molecule has 7 nitrogen and oxygen atoms in total. The molecule has 1 fully saturated rings. The molecule has 2 atom stereocenters. The highest BCUT2D eigenvalue weighted by Crippen LogP contribution is 2.25. The van der Waals surface area contributed by atoms with Crippen molar-refractivity contribution in [2.45, 2.75) is 26.1 Å². The third-order valence-electron chi connectivity index (χ3n) is 3.30. The Balaban J connectivity index is 2.35. The van der Waals surface area contributed by atoms with Gasteiger partial charge in [-0.1, -0.05) is 13.8 Å². The molecule has 0 aromatic heterocycles. The van der Waals surface area contributed by atoms with Gasteiger partial charge in [-0.3, -0.25) is 10.1 Å². The molecule has 0 saturated carbocycles. The number of aliphatic imine (C=N–C) groups is 1. The first kappa shape index (κ1) is 13.6. The first-order chi connectivity index (χ1) is 8.82. The van der Waals surface area contributed by atoms with Crippen LogP contribution in [0.5, 0.6) is 0 Å². The predicted molar refractivity (Wildman–Crippen MR) is 71.5 cm³/mol. The van der Waals surface area contributed by atoms with Gasteiger partial charge < -0.3 is 14.7 Å². The van der Waals surface area contributed by atoms with E-state index in [0.29, 0.717) is 5.92 Å². The summed E-state index contributed by atoms with van der Waals surface area (Å²) in [5.74, 6) is 0.884. The molecule has 19 heavy (non-hydrogen) atoms. The quantitative estimate of drug-likeness (QED) is 0.749. The maximum Gasteiger partial charge on any atom is 0.325 e. The van der Waals surface area contributed by atoms with Gasteiger partial charge >= 0.3 is 6.03 Å². The first-order valence-corrected chi connectivity index (χ1v) is 6.42. The summed E-state index contributed by atoms with van der Waals surface area (Å²) >= 11 is 0. The number of imide groups is 1. The number of carbonyl (C=O) groups excluding carboxylic acids is 2. The highest BCUT2D eigenvalue weighted by atomic mass is 16.2. The Morgan fingerprint density at radius 3 is 2.53 bits per heavy atom. The van der Waals surface area contributed by atoms with E-state index < -0.39 is 12.2 Å². The molecule has 0 spiro atoms. The second-order valence-corrected chi connectivity index (χ2v) is 5.63. The number of urea groups is 1. The number of fused-ring (bicyclic) bond motifs is 1. The number of guanidine groups is 1. The molecular weight excluding hydrogens is 246 g/mol. The summed E-state index contributed by atoms with van der Waals surface area (Å²) in [5, 5.41) is 2.38. The zero-order valence-electron chi connectivity index (χ0n) is 12.0. The van der Waals surface area contributed by atoms with Gasteiger partial charge in [-0.2, -0.15) is 0 Å². The van der Waals surface area contributed by atoms with Crippen LogP contribution in [0.4, 0.5) is 4.79 Å². The lowest BCUT2D eigenvalue weighted by Gasteiger charge is -2.37. The number of carbonyl (C=O) groups is 2. The van der Waals surface area contributed by atoms with E-state index in [1.54, 1.807) is 7.05 Å². The average Bonchev–Trinajstić information content (AvgIpc) is 2.65. The van der Waals surface area contributed by atoms with Crippen LogP contribution in [0.25, 0.3) is 0 Å². The minimum Gasteiger partial charge on any atom is -0.349 e. The van der Waals surface area contributed by atoms with Crippen LogP contribution >= 0.6 is 0 Å². The molecule has 2 heterocycles. The van der Waals surface area contributed by atoms with Crippen LogP contribution in [0.1, 0.15) is 13.8 Å². The van der Waals surface area contributed by atoms with Crippen LogP contribution in [-0.2, 0) is 4.79 Å². The number of hydrogen-bond acceptors (Lipinski definition) is 5. The fourth-order valence-electron chi connectivity index (χ4n) is 2.47. The number of amides is 3. The van der Waals surface area contributed by atoms with E-state index in [2.05, 4.69) is 24.2 Å². The van der Waals surface area contributed by atoms with Crippen molar-refractivity contribution < 1.29 is 9.59 Å². The standard InChI is InChI=1S/C12H21N5O2/c1-7(2)6-17-8-9(13-11(17)15(3)4)16(5)12(19)14-10(8)18/h7-9H,6H2,1-5H3,(H,14,18,19). The summed E-state index contributed by atoms with van der Waals surface area (Å²) in [7, 11) is 5.45. The lowest BCUT2D eigenvalue weighted by atomic mass is 10.1. The third-order valence-corrected chi connectivity index (χ3v) is 3.30. The summed E-state index contributed by atoms with van der Waals surface area (Å²) in [6.45, 7) is 4.92. The minimum absolute atomic E-state index is 0.269. The summed E-state index contributed by atoms with van der Waals surface area (Å²) in [6.07, 6.45) is -0.433. The minimum atomic E-state index is -0.433. The Bertz CT molecular complexity index is 432. The summed E-state index contributed by atoms with van der Waals surface area (Å²) in [4.78, 5) is 33.6.